The van der Waals surface area contributed by atoms with E-state index in [1.54, 1.807) is 0 Å². The highest BCUT2D eigenvalue weighted by Gasteiger charge is 2.58. The molecule has 0 aliphatic rings. The van der Waals surface area contributed by atoms with Gasteiger partial charge in [0.25, 0.3) is 0 Å². The number of allylic oxidation sites excluding steroid dienone is 1. The maximum atomic E-state index is 12.6. The topological polar surface area (TPSA) is 9.23 Å². The number of hydrogen-bond donors (Lipinski definition) is 0. The molecule has 0 saturated heterocycles. The van der Waals surface area contributed by atoms with E-state index >= 15 is 0 Å². The van der Waals surface area contributed by atoms with Crippen molar-refractivity contribution < 1.29 is 26.7 Å². The third kappa shape index (κ3) is 4.15. The minimum Gasteiger partial charge on any atom is -0.377 e. The summed E-state index contributed by atoms with van der Waals surface area (Å²) in [5.41, 5.74) is -1.06. The van der Waals surface area contributed by atoms with E-state index in [9.17, 15) is 22.0 Å². The lowest BCUT2D eigenvalue weighted by atomic mass is 10.1. The first-order chi connectivity index (χ1) is 6.73. The molecule has 0 unspecified atom stereocenters. The molecule has 0 aliphatic heterocycles. The Hall–Kier alpha value is -0.650. The summed E-state index contributed by atoms with van der Waals surface area (Å²) in [7, 11) is 0. The fourth-order valence-corrected chi connectivity index (χ4v) is 0.721. The van der Waals surface area contributed by atoms with Gasteiger partial charge >= 0.3 is 12.1 Å². The van der Waals surface area contributed by atoms with E-state index in [0.717, 1.165) is 13.0 Å². The Morgan fingerprint density at radius 1 is 1.27 bits per heavy atom. The zero-order chi connectivity index (χ0) is 12.1. The molecule has 15 heavy (non-hydrogen) atoms. The van der Waals surface area contributed by atoms with Crippen LogP contribution in [-0.2, 0) is 4.74 Å². The summed E-state index contributed by atoms with van der Waals surface area (Å²) >= 11 is 0. The highest BCUT2D eigenvalue weighted by Crippen LogP contribution is 2.40. The van der Waals surface area contributed by atoms with E-state index in [1.807, 2.05) is 0 Å². The molecule has 0 rings (SSSR count). The second-order valence-corrected chi connectivity index (χ2v) is 2.89. The first-order valence-electron chi connectivity index (χ1n) is 4.22. The zero-order valence-electron chi connectivity index (χ0n) is 8.20. The summed E-state index contributed by atoms with van der Waals surface area (Å²) in [5, 5.41) is 0. The van der Waals surface area contributed by atoms with Crippen LogP contribution < -0.4 is 0 Å². The Kier molecular flexibility index (Phi) is 5.20. The van der Waals surface area contributed by atoms with Crippen molar-refractivity contribution in [1.82, 2.24) is 0 Å². The van der Waals surface area contributed by atoms with Crippen molar-refractivity contribution in [1.29, 1.82) is 0 Å². The Labute approximate surface area is 84.9 Å². The molecule has 1 nitrogen and oxygen atoms in total. The summed E-state index contributed by atoms with van der Waals surface area (Å²) in [6.07, 6.45) is -4.40. The normalized spacial score (nSPS) is 14.5. The van der Waals surface area contributed by atoms with Crippen molar-refractivity contribution in [3.8, 4) is 0 Å². The molecule has 1 radical (unpaired) electrons. The van der Waals surface area contributed by atoms with Gasteiger partial charge in [-0.15, -0.1) is 0 Å². The highest BCUT2D eigenvalue weighted by molar-refractivity contribution is 5.12. The van der Waals surface area contributed by atoms with E-state index in [4.69, 9.17) is 4.74 Å². The number of alkyl halides is 5. The van der Waals surface area contributed by atoms with E-state index in [-0.39, 0.29) is 13.2 Å². The second-order valence-electron chi connectivity index (χ2n) is 2.89. The van der Waals surface area contributed by atoms with Crippen LogP contribution in [0.4, 0.5) is 22.0 Å². The molecule has 0 saturated carbocycles. The largest absolute Gasteiger partial charge is 0.457 e. The quantitative estimate of drug-likeness (QED) is 0.400. The molecule has 0 N–H and O–H groups in total. The lowest BCUT2D eigenvalue weighted by molar-refractivity contribution is -0.264. The Balaban J connectivity index is 4.35. The van der Waals surface area contributed by atoms with Gasteiger partial charge in [-0.2, -0.15) is 22.0 Å². The molecule has 0 bridgehead atoms. The highest BCUT2D eigenvalue weighted by atomic mass is 19.4. The van der Waals surface area contributed by atoms with Crippen LogP contribution in [0, 0.1) is 6.92 Å². The zero-order valence-corrected chi connectivity index (χ0v) is 8.20. The molecule has 0 aromatic carbocycles. The van der Waals surface area contributed by atoms with Crippen LogP contribution >= 0.6 is 0 Å². The van der Waals surface area contributed by atoms with E-state index in [2.05, 4.69) is 6.92 Å². The SMILES string of the molecule is [CH2]CCOCC=C(C)C(F)(F)C(F)(F)F. The average molecular weight is 231 g/mol. The molecule has 0 amide bonds. The smallest absolute Gasteiger partial charge is 0.377 e. The van der Waals surface area contributed by atoms with Crippen LogP contribution in [-0.4, -0.2) is 25.3 Å². The Bertz CT molecular complexity index is 219. The first-order valence-corrected chi connectivity index (χ1v) is 4.22. The van der Waals surface area contributed by atoms with Crippen LogP contribution in [0.1, 0.15) is 13.3 Å². The Morgan fingerprint density at radius 3 is 2.20 bits per heavy atom. The molecule has 0 fully saturated rings. The van der Waals surface area contributed by atoms with Crippen LogP contribution in [0.25, 0.3) is 0 Å². The minimum atomic E-state index is -5.56. The third-order valence-corrected chi connectivity index (χ3v) is 1.65. The molecule has 0 spiro atoms. The van der Waals surface area contributed by atoms with E-state index in [0.29, 0.717) is 6.42 Å². The van der Waals surface area contributed by atoms with Crippen molar-refractivity contribution in [2.45, 2.75) is 25.4 Å². The number of rotatable bonds is 5. The first kappa shape index (κ1) is 14.3. The van der Waals surface area contributed by atoms with Crippen LogP contribution in [0.15, 0.2) is 11.6 Å². The van der Waals surface area contributed by atoms with Gasteiger partial charge in [0, 0.05) is 12.2 Å². The molecular formula is C9H12F5O. The number of halogens is 5. The van der Waals surface area contributed by atoms with Gasteiger partial charge in [0.05, 0.1) is 6.61 Å². The van der Waals surface area contributed by atoms with Crippen molar-refractivity contribution in [3.05, 3.63) is 18.6 Å². The van der Waals surface area contributed by atoms with Gasteiger partial charge in [0.1, 0.15) is 0 Å². The van der Waals surface area contributed by atoms with Crippen molar-refractivity contribution in [2.75, 3.05) is 13.2 Å². The molecule has 0 aromatic heterocycles. The van der Waals surface area contributed by atoms with Gasteiger partial charge < -0.3 is 4.74 Å². The van der Waals surface area contributed by atoms with Gasteiger partial charge in [-0.1, -0.05) is 13.0 Å². The van der Waals surface area contributed by atoms with Gasteiger partial charge in [0.15, 0.2) is 0 Å². The van der Waals surface area contributed by atoms with E-state index < -0.39 is 17.7 Å². The maximum Gasteiger partial charge on any atom is 0.457 e. The van der Waals surface area contributed by atoms with Gasteiger partial charge in [-0.25, -0.2) is 0 Å². The second kappa shape index (κ2) is 5.44. The minimum absolute atomic E-state index is 0.224. The molecule has 0 atom stereocenters. The predicted molar refractivity (Wildman–Crippen MR) is 45.6 cm³/mol. The molecule has 89 valence electrons. The summed E-state index contributed by atoms with van der Waals surface area (Å²) < 4.78 is 65.3. The fourth-order valence-electron chi connectivity index (χ4n) is 0.721. The molecule has 0 aromatic rings. The van der Waals surface area contributed by atoms with Crippen molar-refractivity contribution in [2.24, 2.45) is 0 Å². The number of hydrogen-bond acceptors (Lipinski definition) is 1. The summed E-state index contributed by atoms with van der Waals surface area (Å²) in [6.45, 7) is 4.09. The molecule has 0 heterocycles. The lowest BCUT2D eigenvalue weighted by Gasteiger charge is -2.20. The Morgan fingerprint density at radius 2 is 1.80 bits per heavy atom. The monoisotopic (exact) mass is 231 g/mol. The van der Waals surface area contributed by atoms with Crippen LogP contribution in [0.5, 0.6) is 0 Å². The summed E-state index contributed by atoms with van der Waals surface area (Å²) in [6, 6.07) is 0. The molecule has 0 aliphatic carbocycles. The van der Waals surface area contributed by atoms with Crippen LogP contribution in [0.2, 0.25) is 0 Å². The van der Waals surface area contributed by atoms with Gasteiger partial charge in [0.2, 0.25) is 0 Å². The fraction of sp³-hybridized carbons (Fsp3) is 0.667. The summed E-state index contributed by atoms with van der Waals surface area (Å²) in [5.74, 6) is -4.79. The standard InChI is InChI=1S/C9H12F5O/c1-3-5-15-6-4-7(2)8(10,11)9(12,13)14/h4H,1,3,5-6H2,2H3. The summed E-state index contributed by atoms with van der Waals surface area (Å²) in [4.78, 5) is 0. The van der Waals surface area contributed by atoms with E-state index in [1.165, 1.54) is 0 Å². The van der Waals surface area contributed by atoms with Gasteiger partial charge in [-0.05, 0) is 13.3 Å². The predicted octanol–water partition coefficient (Wildman–Crippen LogP) is 3.37. The molecular weight excluding hydrogens is 219 g/mol. The van der Waals surface area contributed by atoms with Gasteiger partial charge in [-0.3, -0.25) is 0 Å². The lowest BCUT2D eigenvalue weighted by Crippen LogP contribution is -2.37. The van der Waals surface area contributed by atoms with Crippen molar-refractivity contribution >= 4 is 0 Å². The van der Waals surface area contributed by atoms with Crippen LogP contribution in [0.3, 0.4) is 0 Å². The average Bonchev–Trinajstić information content (AvgIpc) is 2.10. The molecule has 6 heteroatoms. The number of ether oxygens (including phenoxy) is 1. The van der Waals surface area contributed by atoms with Crippen molar-refractivity contribution in [3.63, 3.8) is 0 Å². The third-order valence-electron chi connectivity index (χ3n) is 1.65. The maximum absolute atomic E-state index is 12.6.